The minimum absolute atomic E-state index is 0.0877. The van der Waals surface area contributed by atoms with E-state index in [1.54, 1.807) is 0 Å². The zero-order valence-corrected chi connectivity index (χ0v) is 20.5. The fourth-order valence-corrected chi connectivity index (χ4v) is 7.68. The molecule has 0 aliphatic heterocycles. The molecule has 0 saturated heterocycles. The summed E-state index contributed by atoms with van der Waals surface area (Å²) in [6.07, 6.45) is 9.16. The molecule has 6 nitrogen and oxygen atoms in total. The van der Waals surface area contributed by atoms with Crippen LogP contribution in [-0.2, 0) is 19.4 Å². The van der Waals surface area contributed by atoms with Gasteiger partial charge in [0, 0.05) is 32.0 Å². The smallest absolute Gasteiger partial charge is 0.225 e. The van der Waals surface area contributed by atoms with Gasteiger partial charge < -0.3 is 10.2 Å². The number of nitrogens with zero attached hydrogens (tertiary/aromatic N) is 1. The summed E-state index contributed by atoms with van der Waals surface area (Å²) in [5.41, 5.74) is 0. The fourth-order valence-electron chi connectivity index (χ4n) is 5.43. The van der Waals surface area contributed by atoms with Gasteiger partial charge in [0.1, 0.15) is 0 Å². The van der Waals surface area contributed by atoms with Gasteiger partial charge in [0.2, 0.25) is 11.8 Å². The van der Waals surface area contributed by atoms with E-state index in [2.05, 4.69) is 19.2 Å². The third-order valence-corrected chi connectivity index (χ3v) is 9.82. The van der Waals surface area contributed by atoms with E-state index in [1.807, 2.05) is 11.9 Å². The summed E-state index contributed by atoms with van der Waals surface area (Å²) >= 11 is 0. The van der Waals surface area contributed by atoms with Crippen LogP contribution in [0.25, 0.3) is 0 Å². The first kappa shape index (κ1) is 24.5. The van der Waals surface area contributed by atoms with Crippen molar-refractivity contribution in [2.75, 3.05) is 19.3 Å². The van der Waals surface area contributed by atoms with Crippen LogP contribution >= 0.6 is 0 Å². The Morgan fingerprint density at radius 1 is 0.903 bits per heavy atom. The lowest BCUT2D eigenvalue weighted by Gasteiger charge is -2.32. The van der Waals surface area contributed by atoms with Crippen molar-refractivity contribution in [2.45, 2.75) is 95.8 Å². The van der Waals surface area contributed by atoms with Crippen molar-refractivity contribution in [3.63, 3.8) is 0 Å². The normalized spacial score (nSPS) is 29.5. The quantitative estimate of drug-likeness (QED) is 0.577. The Hall–Kier alpha value is -1.11. The molecule has 178 valence electrons. The standard InChI is InChI=1S/C24H42N2O4S/c1-17(2)15-26(3)24(28)20-8-10-21(11-9-20)25-23(27)14-18-6-12-22(13-7-18)31(29,30)16-19-4-5-19/h17-22H,4-16H2,1-3H3,(H,25,27). The van der Waals surface area contributed by atoms with Crippen LogP contribution in [0.3, 0.4) is 0 Å². The van der Waals surface area contributed by atoms with Gasteiger partial charge in [-0.25, -0.2) is 8.42 Å². The monoisotopic (exact) mass is 454 g/mol. The van der Waals surface area contributed by atoms with Crippen molar-refractivity contribution < 1.29 is 18.0 Å². The average molecular weight is 455 g/mol. The van der Waals surface area contributed by atoms with E-state index in [0.717, 1.165) is 57.9 Å². The van der Waals surface area contributed by atoms with Gasteiger partial charge in [-0.3, -0.25) is 9.59 Å². The van der Waals surface area contributed by atoms with Gasteiger partial charge in [0.25, 0.3) is 0 Å². The molecule has 0 atom stereocenters. The van der Waals surface area contributed by atoms with Gasteiger partial charge >= 0.3 is 0 Å². The van der Waals surface area contributed by atoms with Gasteiger partial charge in [-0.1, -0.05) is 13.8 Å². The molecule has 2 amide bonds. The van der Waals surface area contributed by atoms with Crippen LogP contribution in [0.15, 0.2) is 0 Å². The lowest BCUT2D eigenvalue weighted by atomic mass is 9.84. The second kappa shape index (κ2) is 10.7. The highest BCUT2D eigenvalue weighted by molar-refractivity contribution is 7.92. The maximum absolute atomic E-state index is 12.6. The molecule has 0 unspecified atom stereocenters. The number of amides is 2. The second-order valence-electron chi connectivity index (χ2n) is 10.8. The average Bonchev–Trinajstić information content (AvgIpc) is 3.51. The topological polar surface area (TPSA) is 83.6 Å². The second-order valence-corrected chi connectivity index (χ2v) is 13.2. The Kier molecular flexibility index (Phi) is 8.44. The molecule has 0 aromatic carbocycles. The van der Waals surface area contributed by atoms with E-state index in [0.29, 0.717) is 42.8 Å². The van der Waals surface area contributed by atoms with Gasteiger partial charge in [-0.15, -0.1) is 0 Å². The van der Waals surface area contributed by atoms with E-state index in [9.17, 15) is 18.0 Å². The molecular weight excluding hydrogens is 412 g/mol. The summed E-state index contributed by atoms with van der Waals surface area (Å²) < 4.78 is 25.0. The molecule has 3 rings (SSSR count). The highest BCUT2D eigenvalue weighted by Crippen LogP contribution is 2.36. The van der Waals surface area contributed by atoms with Crippen molar-refractivity contribution in [1.82, 2.24) is 10.2 Å². The zero-order chi connectivity index (χ0) is 22.6. The molecule has 31 heavy (non-hydrogen) atoms. The molecule has 0 aromatic heterocycles. The number of nitrogens with one attached hydrogen (secondary N) is 1. The van der Waals surface area contributed by atoms with Crippen LogP contribution in [0.4, 0.5) is 0 Å². The number of hydrogen-bond donors (Lipinski definition) is 1. The van der Waals surface area contributed by atoms with E-state index in [4.69, 9.17) is 0 Å². The predicted molar refractivity (Wildman–Crippen MR) is 123 cm³/mol. The molecule has 7 heteroatoms. The van der Waals surface area contributed by atoms with E-state index >= 15 is 0 Å². The first-order valence-electron chi connectivity index (χ1n) is 12.4. The van der Waals surface area contributed by atoms with E-state index in [-0.39, 0.29) is 29.0 Å². The number of carbonyl (C=O) groups excluding carboxylic acids is 2. The lowest BCUT2D eigenvalue weighted by molar-refractivity contribution is -0.135. The minimum atomic E-state index is -2.95. The van der Waals surface area contributed by atoms with Crippen molar-refractivity contribution in [1.29, 1.82) is 0 Å². The van der Waals surface area contributed by atoms with Crippen molar-refractivity contribution in [3.05, 3.63) is 0 Å². The third-order valence-electron chi connectivity index (χ3n) is 7.40. The molecule has 3 fully saturated rings. The Labute approximate surface area is 188 Å². The molecule has 3 aliphatic carbocycles. The van der Waals surface area contributed by atoms with Gasteiger partial charge in [0.15, 0.2) is 9.84 Å². The summed E-state index contributed by atoms with van der Waals surface area (Å²) in [5, 5.41) is 2.99. The number of rotatable bonds is 9. The minimum Gasteiger partial charge on any atom is -0.353 e. The molecule has 0 aromatic rings. The number of hydrogen-bond acceptors (Lipinski definition) is 4. The largest absolute Gasteiger partial charge is 0.353 e. The zero-order valence-electron chi connectivity index (χ0n) is 19.6. The van der Waals surface area contributed by atoms with Crippen molar-refractivity contribution in [3.8, 4) is 0 Å². The Morgan fingerprint density at radius 3 is 2.03 bits per heavy atom. The van der Waals surface area contributed by atoms with Gasteiger partial charge in [-0.2, -0.15) is 0 Å². The summed E-state index contributed by atoms with van der Waals surface area (Å²) in [6, 6.07) is 0.169. The molecule has 0 spiro atoms. The molecule has 3 saturated carbocycles. The highest BCUT2D eigenvalue weighted by Gasteiger charge is 2.36. The summed E-state index contributed by atoms with van der Waals surface area (Å²) in [7, 11) is -1.06. The predicted octanol–water partition coefficient (Wildman–Crippen LogP) is 3.55. The third kappa shape index (κ3) is 7.47. The van der Waals surface area contributed by atoms with Crippen LogP contribution in [0.5, 0.6) is 0 Å². The van der Waals surface area contributed by atoms with Crippen LogP contribution in [0, 0.1) is 23.7 Å². The maximum Gasteiger partial charge on any atom is 0.225 e. The summed E-state index contributed by atoms with van der Waals surface area (Å²) in [4.78, 5) is 27.0. The van der Waals surface area contributed by atoms with Gasteiger partial charge in [-0.05, 0) is 82.0 Å². The first-order valence-corrected chi connectivity index (χ1v) is 14.1. The molecule has 0 radical (unpaired) electrons. The first-order chi connectivity index (χ1) is 14.6. The highest BCUT2D eigenvalue weighted by atomic mass is 32.2. The van der Waals surface area contributed by atoms with Crippen LogP contribution in [0.1, 0.15) is 84.5 Å². The molecular formula is C24H42N2O4S. The number of sulfone groups is 1. The Morgan fingerprint density at radius 2 is 1.48 bits per heavy atom. The molecule has 1 N–H and O–H groups in total. The number of carbonyl (C=O) groups is 2. The Balaban J connectivity index is 1.34. The van der Waals surface area contributed by atoms with Crippen LogP contribution < -0.4 is 5.32 Å². The van der Waals surface area contributed by atoms with E-state index in [1.165, 1.54) is 0 Å². The summed E-state index contributed by atoms with van der Waals surface area (Å²) in [5.74, 6) is 1.98. The Bertz CT molecular complexity index is 716. The summed E-state index contributed by atoms with van der Waals surface area (Å²) in [6.45, 7) is 5.03. The molecule has 0 heterocycles. The van der Waals surface area contributed by atoms with Crippen LogP contribution in [-0.4, -0.2) is 55.8 Å². The fraction of sp³-hybridized carbons (Fsp3) is 0.917. The van der Waals surface area contributed by atoms with Crippen LogP contribution in [0.2, 0.25) is 0 Å². The van der Waals surface area contributed by atoms with Gasteiger partial charge in [0.05, 0.1) is 11.0 Å². The van der Waals surface area contributed by atoms with E-state index < -0.39 is 9.84 Å². The van der Waals surface area contributed by atoms with Crippen molar-refractivity contribution >= 4 is 21.7 Å². The maximum atomic E-state index is 12.6. The molecule has 0 bridgehead atoms. The lowest BCUT2D eigenvalue weighted by Crippen LogP contribution is -2.42. The van der Waals surface area contributed by atoms with Crippen molar-refractivity contribution in [2.24, 2.45) is 23.7 Å². The molecule has 3 aliphatic rings. The SMILES string of the molecule is CC(C)CN(C)C(=O)C1CCC(NC(=O)CC2CCC(S(=O)(=O)CC3CC3)CC2)CC1.